The predicted molar refractivity (Wildman–Crippen MR) is 108 cm³/mol. The van der Waals surface area contributed by atoms with Crippen LogP contribution in [0.4, 0.5) is 5.00 Å². The summed E-state index contributed by atoms with van der Waals surface area (Å²) in [6.45, 7) is 5.68. The van der Waals surface area contributed by atoms with Crippen LogP contribution in [0, 0.1) is 5.92 Å². The molecule has 1 fully saturated rings. The van der Waals surface area contributed by atoms with Crippen LogP contribution >= 0.6 is 22.7 Å². The molecule has 138 valence electrons. The highest BCUT2D eigenvalue weighted by atomic mass is 32.1. The fourth-order valence-corrected chi connectivity index (χ4v) is 5.42. The molecule has 1 amide bonds. The summed E-state index contributed by atoms with van der Waals surface area (Å²) in [7, 11) is 0. The Bertz CT molecular complexity index is 806. The molecular weight excluding hydrogens is 366 g/mol. The van der Waals surface area contributed by atoms with E-state index in [2.05, 4.69) is 28.4 Å². The third-order valence-corrected chi connectivity index (χ3v) is 7.16. The Balaban J connectivity index is 1.35. The van der Waals surface area contributed by atoms with Crippen molar-refractivity contribution in [3.05, 3.63) is 38.4 Å². The van der Waals surface area contributed by atoms with E-state index in [9.17, 15) is 4.79 Å². The number of thiophene rings is 2. The zero-order valence-corrected chi connectivity index (χ0v) is 16.5. The number of hydrazone groups is 1. The fraction of sp³-hybridized carbons (Fsp3) is 0.474. The fourth-order valence-electron chi connectivity index (χ4n) is 3.39. The second-order valence-corrected chi connectivity index (χ2v) is 9.11. The molecule has 5 nitrogen and oxygen atoms in total. The standard InChI is InChI=1S/C19H23N3O2S2/c1-13-2-4-16-14(10-13)11-17(26-16)19(23)21-20-12-15-3-5-18(25-15)22-6-8-24-9-7-22/h3,5,11-13H,2,4,6-10H2,1H3,(H,21,23)/b20-12+. The van der Waals surface area contributed by atoms with Crippen LogP contribution in [-0.2, 0) is 17.6 Å². The molecule has 0 bridgehead atoms. The summed E-state index contributed by atoms with van der Waals surface area (Å²) in [6.07, 6.45) is 5.12. The minimum absolute atomic E-state index is 0.113. The van der Waals surface area contributed by atoms with Crippen molar-refractivity contribution >= 4 is 39.8 Å². The topological polar surface area (TPSA) is 53.9 Å². The Morgan fingerprint density at radius 1 is 1.35 bits per heavy atom. The molecule has 0 aromatic carbocycles. The number of aryl methyl sites for hydroxylation is 1. The van der Waals surface area contributed by atoms with Gasteiger partial charge >= 0.3 is 0 Å². The van der Waals surface area contributed by atoms with Crippen molar-refractivity contribution in [3.8, 4) is 0 Å². The van der Waals surface area contributed by atoms with Crippen molar-refractivity contribution < 1.29 is 9.53 Å². The van der Waals surface area contributed by atoms with Crippen molar-refractivity contribution in [1.29, 1.82) is 0 Å². The van der Waals surface area contributed by atoms with Crippen molar-refractivity contribution in [2.75, 3.05) is 31.2 Å². The van der Waals surface area contributed by atoms with Crippen LogP contribution in [0.5, 0.6) is 0 Å². The lowest BCUT2D eigenvalue weighted by atomic mass is 9.90. The number of ether oxygens (including phenoxy) is 1. The number of nitrogens with zero attached hydrogens (tertiary/aromatic N) is 2. The zero-order chi connectivity index (χ0) is 17.9. The highest BCUT2D eigenvalue weighted by Crippen LogP contribution is 2.32. The second kappa shape index (κ2) is 7.90. The van der Waals surface area contributed by atoms with E-state index in [0.29, 0.717) is 5.92 Å². The average molecular weight is 390 g/mol. The van der Waals surface area contributed by atoms with E-state index < -0.39 is 0 Å². The summed E-state index contributed by atoms with van der Waals surface area (Å²) in [6, 6.07) is 6.19. The molecule has 1 unspecified atom stereocenters. The molecule has 2 aromatic rings. The van der Waals surface area contributed by atoms with Gasteiger partial charge in [-0.15, -0.1) is 22.7 Å². The number of hydrogen-bond acceptors (Lipinski definition) is 6. The molecule has 26 heavy (non-hydrogen) atoms. The maximum atomic E-state index is 12.4. The predicted octanol–water partition coefficient (Wildman–Crippen LogP) is 3.53. The van der Waals surface area contributed by atoms with E-state index in [1.807, 2.05) is 12.1 Å². The summed E-state index contributed by atoms with van der Waals surface area (Å²) < 4.78 is 5.39. The molecule has 0 spiro atoms. The molecule has 0 radical (unpaired) electrons. The van der Waals surface area contributed by atoms with Gasteiger partial charge in [0.15, 0.2) is 0 Å². The summed E-state index contributed by atoms with van der Waals surface area (Å²) in [5.74, 6) is 0.601. The first-order valence-corrected chi connectivity index (χ1v) is 10.7. The van der Waals surface area contributed by atoms with Gasteiger partial charge in [0.1, 0.15) is 0 Å². The number of rotatable bonds is 4. The molecule has 1 aliphatic carbocycles. The molecule has 1 atom stereocenters. The van der Waals surface area contributed by atoms with E-state index in [4.69, 9.17) is 4.74 Å². The molecule has 1 aliphatic heterocycles. The van der Waals surface area contributed by atoms with Gasteiger partial charge in [-0.25, -0.2) is 5.43 Å². The van der Waals surface area contributed by atoms with Crippen LogP contribution in [0.3, 0.4) is 0 Å². The van der Waals surface area contributed by atoms with Gasteiger partial charge < -0.3 is 9.64 Å². The zero-order valence-electron chi connectivity index (χ0n) is 14.9. The second-order valence-electron chi connectivity index (χ2n) is 6.88. The summed E-state index contributed by atoms with van der Waals surface area (Å²) in [5.41, 5.74) is 4.01. The lowest BCUT2D eigenvalue weighted by molar-refractivity contribution is 0.0959. The van der Waals surface area contributed by atoms with E-state index in [-0.39, 0.29) is 5.91 Å². The Morgan fingerprint density at radius 2 is 2.19 bits per heavy atom. The minimum atomic E-state index is -0.113. The van der Waals surface area contributed by atoms with Gasteiger partial charge in [-0.1, -0.05) is 6.92 Å². The number of amides is 1. The molecule has 1 saturated heterocycles. The summed E-state index contributed by atoms with van der Waals surface area (Å²) in [5, 5.41) is 5.37. The van der Waals surface area contributed by atoms with Gasteiger partial charge in [0.2, 0.25) is 0 Å². The number of fused-ring (bicyclic) bond motifs is 1. The Labute approximate surface area is 161 Å². The number of nitrogens with one attached hydrogen (secondary N) is 1. The van der Waals surface area contributed by atoms with Gasteiger partial charge in [-0.3, -0.25) is 4.79 Å². The number of carbonyl (C=O) groups is 1. The number of morpholine rings is 1. The Morgan fingerprint density at radius 3 is 3.04 bits per heavy atom. The number of hydrogen-bond donors (Lipinski definition) is 1. The quantitative estimate of drug-likeness (QED) is 0.643. The number of anilines is 1. The van der Waals surface area contributed by atoms with E-state index in [0.717, 1.165) is 48.9 Å². The van der Waals surface area contributed by atoms with Crippen molar-refractivity contribution in [2.45, 2.75) is 26.2 Å². The molecule has 1 N–H and O–H groups in total. The minimum Gasteiger partial charge on any atom is -0.378 e. The van der Waals surface area contributed by atoms with Crippen LogP contribution in [0.15, 0.2) is 23.3 Å². The molecule has 4 rings (SSSR count). The highest BCUT2D eigenvalue weighted by molar-refractivity contribution is 7.17. The molecule has 7 heteroatoms. The molecule has 0 saturated carbocycles. The van der Waals surface area contributed by atoms with Crippen molar-refractivity contribution in [2.24, 2.45) is 11.0 Å². The van der Waals surface area contributed by atoms with Crippen LogP contribution in [0.1, 0.15) is 38.3 Å². The van der Waals surface area contributed by atoms with Crippen molar-refractivity contribution in [1.82, 2.24) is 5.43 Å². The lowest BCUT2D eigenvalue weighted by Crippen LogP contribution is -2.35. The lowest BCUT2D eigenvalue weighted by Gasteiger charge is -2.27. The summed E-state index contributed by atoms with van der Waals surface area (Å²) >= 11 is 3.29. The average Bonchev–Trinajstić information content (AvgIpc) is 3.29. The SMILES string of the molecule is CC1CCc2sc(C(=O)N/N=C/c3ccc(N4CCOCC4)s3)cc2C1. The van der Waals surface area contributed by atoms with Gasteiger partial charge in [-0.2, -0.15) is 5.10 Å². The Kier molecular flexibility index (Phi) is 5.38. The number of carbonyl (C=O) groups excluding carboxylic acids is 1. The maximum Gasteiger partial charge on any atom is 0.281 e. The molecule has 2 aromatic heterocycles. The molecule has 3 heterocycles. The monoisotopic (exact) mass is 389 g/mol. The molecule has 2 aliphatic rings. The summed E-state index contributed by atoms with van der Waals surface area (Å²) in [4.78, 5) is 17.8. The van der Waals surface area contributed by atoms with Crippen LogP contribution < -0.4 is 10.3 Å². The van der Waals surface area contributed by atoms with Crippen LogP contribution in [0.25, 0.3) is 0 Å². The third kappa shape index (κ3) is 4.00. The van der Waals surface area contributed by atoms with Crippen LogP contribution in [0.2, 0.25) is 0 Å². The van der Waals surface area contributed by atoms with Crippen molar-refractivity contribution in [3.63, 3.8) is 0 Å². The molecular formula is C19H23N3O2S2. The van der Waals surface area contributed by atoms with Gasteiger partial charge in [-0.05, 0) is 48.9 Å². The first-order valence-electron chi connectivity index (χ1n) is 9.06. The normalized spacial score (nSPS) is 20.3. The first-order chi connectivity index (χ1) is 12.7. The van der Waals surface area contributed by atoms with Gasteiger partial charge in [0.25, 0.3) is 5.91 Å². The highest BCUT2D eigenvalue weighted by Gasteiger charge is 2.20. The van der Waals surface area contributed by atoms with E-state index >= 15 is 0 Å². The smallest absolute Gasteiger partial charge is 0.281 e. The van der Waals surface area contributed by atoms with E-state index in [1.165, 1.54) is 21.9 Å². The van der Waals surface area contributed by atoms with Gasteiger partial charge in [0, 0.05) is 22.8 Å². The Hall–Kier alpha value is -1.70. The third-order valence-electron chi connectivity index (χ3n) is 4.85. The van der Waals surface area contributed by atoms with E-state index in [1.54, 1.807) is 28.9 Å². The first kappa shape index (κ1) is 17.7. The van der Waals surface area contributed by atoms with Gasteiger partial charge in [0.05, 0.1) is 29.3 Å². The maximum absolute atomic E-state index is 12.4. The van der Waals surface area contributed by atoms with Crippen LogP contribution in [-0.4, -0.2) is 38.4 Å². The largest absolute Gasteiger partial charge is 0.378 e.